The molecule has 3 aromatic carbocycles. The molecule has 0 aliphatic rings. The molecule has 0 bridgehead atoms. The van der Waals surface area contributed by atoms with Gasteiger partial charge in [0.15, 0.2) is 0 Å². The number of halogens is 1. The first-order valence-electron chi connectivity index (χ1n) is 7.99. The van der Waals surface area contributed by atoms with Crippen LogP contribution in [0.3, 0.4) is 0 Å². The van der Waals surface area contributed by atoms with Gasteiger partial charge < -0.3 is 0 Å². The van der Waals surface area contributed by atoms with Crippen LogP contribution in [-0.2, 0) is 30.4 Å². The zero-order valence-electron chi connectivity index (χ0n) is 14.6. The van der Waals surface area contributed by atoms with Crippen LogP contribution in [0.1, 0.15) is 0 Å². The van der Waals surface area contributed by atoms with Crippen molar-refractivity contribution in [3.63, 3.8) is 0 Å². The number of sulfonamides is 1. The number of nitrogens with zero attached hydrogens (tertiary/aromatic N) is 2. The summed E-state index contributed by atoms with van der Waals surface area (Å²) >= 11 is 0. The van der Waals surface area contributed by atoms with E-state index in [-0.39, 0.29) is 35.7 Å². The van der Waals surface area contributed by atoms with E-state index < -0.39 is 14.9 Å². The fraction of sp³-hybridized carbons (Fsp3) is 0. The smallest absolute Gasteiger partial charge is 0.270 e. The molecule has 4 rings (SSSR count). The van der Waals surface area contributed by atoms with Crippen LogP contribution < -0.4 is 4.72 Å². The molecule has 1 heterocycles. The third kappa shape index (κ3) is 4.25. The topological polar surface area (TPSA) is 102 Å². The van der Waals surface area contributed by atoms with Crippen molar-refractivity contribution >= 4 is 43.1 Å². The molecular weight excluding hydrogens is 492 g/mol. The Morgan fingerprint density at radius 1 is 0.931 bits per heavy atom. The minimum atomic E-state index is -4.01. The van der Waals surface area contributed by atoms with Gasteiger partial charge in [0, 0.05) is 49.5 Å². The van der Waals surface area contributed by atoms with Gasteiger partial charge >= 0.3 is 0 Å². The summed E-state index contributed by atoms with van der Waals surface area (Å²) in [6.07, 6.45) is 1.65. The molecule has 0 radical (unpaired) electrons. The number of hydrogen-bond acceptors (Lipinski definition) is 5. The molecule has 0 aliphatic heterocycles. The van der Waals surface area contributed by atoms with E-state index in [2.05, 4.69) is 9.71 Å². The van der Waals surface area contributed by atoms with E-state index in [1.807, 2.05) is 30.3 Å². The Kier molecular flexibility index (Phi) is 6.64. The van der Waals surface area contributed by atoms with Gasteiger partial charge in [0.2, 0.25) is 0 Å². The number of rotatable bonds is 4. The average Bonchev–Trinajstić information content (AvgIpc) is 2.67. The zero-order valence-corrected chi connectivity index (χ0v) is 17.0. The van der Waals surface area contributed by atoms with E-state index in [1.165, 1.54) is 18.2 Å². The number of aromatic nitrogens is 1. The molecule has 7 nitrogen and oxygen atoms in total. The number of fused-ring (bicyclic) bond motifs is 3. The van der Waals surface area contributed by atoms with Gasteiger partial charge in [-0.2, -0.15) is 0 Å². The summed E-state index contributed by atoms with van der Waals surface area (Å²) in [5, 5.41) is 13.3. The van der Waals surface area contributed by atoms with Crippen molar-refractivity contribution in [1.29, 1.82) is 0 Å². The summed E-state index contributed by atoms with van der Waals surface area (Å²) < 4.78 is 28.1. The van der Waals surface area contributed by atoms with Gasteiger partial charge in [-0.3, -0.25) is 24.5 Å². The van der Waals surface area contributed by atoms with Crippen LogP contribution in [0.5, 0.6) is 0 Å². The molecule has 0 atom stereocenters. The molecule has 0 aliphatic carbocycles. The molecule has 0 unspecified atom stereocenters. The van der Waals surface area contributed by atoms with E-state index in [0.29, 0.717) is 16.6 Å². The Hall–Kier alpha value is -2.93. The van der Waals surface area contributed by atoms with Gasteiger partial charge in [0.1, 0.15) is 0 Å². The van der Waals surface area contributed by atoms with Crippen molar-refractivity contribution in [3.8, 4) is 0 Å². The summed E-state index contributed by atoms with van der Waals surface area (Å²) in [5.74, 6) is 0. The molecule has 0 saturated carbocycles. The standard InChI is InChI=1S/C19H13N3O4S.FH.Pd/c23-22(24)15-6-2-7-16(12-15)27(25,26)21-17-8-1-4-13-9-10-14-5-3-11-20-19(14)18(13)17;;/h1-12,21H;1H;. The van der Waals surface area contributed by atoms with Gasteiger partial charge in [0.05, 0.1) is 21.0 Å². The van der Waals surface area contributed by atoms with Gasteiger partial charge in [0.25, 0.3) is 15.7 Å². The predicted octanol–water partition coefficient (Wildman–Crippen LogP) is 4.25. The Morgan fingerprint density at radius 3 is 2.38 bits per heavy atom. The maximum absolute atomic E-state index is 12.8. The van der Waals surface area contributed by atoms with Crippen LogP contribution in [0.25, 0.3) is 21.7 Å². The van der Waals surface area contributed by atoms with E-state index in [4.69, 9.17) is 0 Å². The molecule has 29 heavy (non-hydrogen) atoms. The number of benzene rings is 3. The van der Waals surface area contributed by atoms with Crippen molar-refractivity contribution < 1.29 is 38.5 Å². The molecule has 0 saturated heterocycles. The molecule has 1 N–H and O–H groups in total. The molecule has 4 aromatic rings. The second kappa shape index (κ2) is 8.61. The maximum Gasteiger partial charge on any atom is 0.270 e. The number of nitro groups is 1. The van der Waals surface area contributed by atoms with Crippen LogP contribution in [-0.4, -0.2) is 18.3 Å². The van der Waals surface area contributed by atoms with Gasteiger partial charge in [-0.1, -0.05) is 36.4 Å². The van der Waals surface area contributed by atoms with Crippen LogP contribution in [0.15, 0.2) is 77.8 Å². The Morgan fingerprint density at radius 2 is 1.62 bits per heavy atom. The van der Waals surface area contributed by atoms with Crippen molar-refractivity contribution in [1.82, 2.24) is 4.98 Å². The van der Waals surface area contributed by atoms with Crippen molar-refractivity contribution in [2.24, 2.45) is 0 Å². The predicted molar refractivity (Wildman–Crippen MR) is 106 cm³/mol. The van der Waals surface area contributed by atoms with Crippen LogP contribution in [0, 0.1) is 10.1 Å². The van der Waals surface area contributed by atoms with E-state index in [0.717, 1.165) is 16.8 Å². The molecule has 0 amide bonds. The number of non-ortho nitro benzene ring substituents is 1. The van der Waals surface area contributed by atoms with Crippen LogP contribution in [0.4, 0.5) is 16.1 Å². The van der Waals surface area contributed by atoms with Crippen molar-refractivity contribution in [3.05, 3.63) is 83.0 Å². The van der Waals surface area contributed by atoms with Gasteiger partial charge in [-0.15, -0.1) is 0 Å². The summed E-state index contributed by atoms with van der Waals surface area (Å²) in [6.45, 7) is 0. The first-order valence-corrected chi connectivity index (χ1v) is 9.48. The van der Waals surface area contributed by atoms with E-state index >= 15 is 0 Å². The van der Waals surface area contributed by atoms with E-state index in [9.17, 15) is 18.5 Å². The zero-order chi connectivity index (χ0) is 19.0. The minimum Gasteiger partial charge on any atom is -0.279 e. The second-order valence-corrected chi connectivity index (χ2v) is 7.59. The van der Waals surface area contributed by atoms with Crippen LogP contribution in [0.2, 0.25) is 0 Å². The third-order valence-electron chi connectivity index (χ3n) is 4.20. The Labute approximate surface area is 179 Å². The maximum atomic E-state index is 12.8. The number of nitrogens with one attached hydrogen (secondary N) is 1. The summed E-state index contributed by atoms with van der Waals surface area (Å²) in [4.78, 5) is 14.5. The first-order chi connectivity index (χ1) is 13.0. The summed E-state index contributed by atoms with van der Waals surface area (Å²) in [7, 11) is -4.01. The van der Waals surface area contributed by atoms with Gasteiger partial charge in [-0.05, 0) is 23.6 Å². The Bertz CT molecular complexity index is 1320. The second-order valence-electron chi connectivity index (χ2n) is 5.90. The SMILES string of the molecule is F.O=[N+]([O-])c1cccc(S(=O)(=O)Nc2cccc3ccc4cccnc4c23)c1.[Pd]. The average molecular weight is 506 g/mol. The molecule has 0 spiro atoms. The Balaban J connectivity index is 0.00000150. The fourth-order valence-electron chi connectivity index (χ4n) is 2.97. The third-order valence-corrected chi connectivity index (χ3v) is 5.56. The number of hydrogen-bond donors (Lipinski definition) is 1. The largest absolute Gasteiger partial charge is 0.279 e. The van der Waals surface area contributed by atoms with Crippen molar-refractivity contribution in [2.45, 2.75) is 4.90 Å². The number of pyridine rings is 1. The van der Waals surface area contributed by atoms with Crippen LogP contribution >= 0.6 is 0 Å². The normalized spacial score (nSPS) is 10.8. The fourth-order valence-corrected chi connectivity index (χ4v) is 4.08. The molecule has 0 fully saturated rings. The van der Waals surface area contributed by atoms with Gasteiger partial charge in [-0.25, -0.2) is 8.42 Å². The molecule has 10 heteroatoms. The number of anilines is 1. The van der Waals surface area contributed by atoms with E-state index in [1.54, 1.807) is 18.3 Å². The first kappa shape index (κ1) is 22.4. The summed E-state index contributed by atoms with van der Waals surface area (Å²) in [5.41, 5.74) is 0.749. The summed E-state index contributed by atoms with van der Waals surface area (Å²) in [6, 6.07) is 17.7. The quantitative estimate of drug-likeness (QED) is 0.193. The minimum absolute atomic E-state index is 0. The van der Waals surface area contributed by atoms with Crippen molar-refractivity contribution in [2.75, 3.05) is 4.72 Å². The molecule has 152 valence electrons. The number of nitro benzene ring substituents is 1. The molecular formula is C19H14FN3O4PdS. The molecule has 1 aromatic heterocycles. The monoisotopic (exact) mass is 505 g/mol.